The smallest absolute Gasteiger partial charge is 0.232 e. The zero-order valence-electron chi connectivity index (χ0n) is 16.5. The minimum atomic E-state index is 0.0635. The largest absolute Gasteiger partial charge is 0.340 e. The first kappa shape index (κ1) is 19.4. The lowest BCUT2D eigenvalue weighted by atomic mass is 10.1. The molecular weight excluding hydrogens is 374 g/mol. The summed E-state index contributed by atoms with van der Waals surface area (Å²) in [5, 5.41) is 4.15. The molecule has 0 spiro atoms. The van der Waals surface area contributed by atoms with Gasteiger partial charge in [-0.2, -0.15) is 0 Å². The van der Waals surface area contributed by atoms with Crippen LogP contribution in [-0.4, -0.2) is 39.9 Å². The molecule has 0 atom stereocenters. The van der Waals surface area contributed by atoms with Gasteiger partial charge in [-0.05, 0) is 48.7 Å². The molecule has 1 fully saturated rings. The number of carbonyl (C=O) groups excluding carboxylic acids is 1. The van der Waals surface area contributed by atoms with E-state index < -0.39 is 0 Å². The second-order valence-corrected chi connectivity index (χ2v) is 7.30. The van der Waals surface area contributed by atoms with E-state index >= 15 is 0 Å². The molecule has 1 amide bonds. The van der Waals surface area contributed by atoms with Gasteiger partial charge in [-0.25, -0.2) is 16.5 Å². The third-order valence-electron chi connectivity index (χ3n) is 5.11. The van der Waals surface area contributed by atoms with Gasteiger partial charge in [-0.1, -0.05) is 18.1 Å². The Balaban J connectivity index is 1.58. The van der Waals surface area contributed by atoms with Gasteiger partial charge in [0.1, 0.15) is 12.1 Å². The van der Waals surface area contributed by atoms with Crippen molar-refractivity contribution in [2.45, 2.75) is 25.3 Å². The fourth-order valence-corrected chi connectivity index (χ4v) is 3.47. The second-order valence-electron chi connectivity index (χ2n) is 7.30. The summed E-state index contributed by atoms with van der Waals surface area (Å²) in [5.41, 5.74) is 3.32. The Hall–Kier alpha value is -3.90. The molecule has 0 bridgehead atoms. The van der Waals surface area contributed by atoms with Crippen LogP contribution < -0.4 is 5.32 Å². The van der Waals surface area contributed by atoms with E-state index in [9.17, 15) is 4.79 Å². The summed E-state index contributed by atoms with van der Waals surface area (Å²) in [7, 11) is 0. The highest BCUT2D eigenvalue weighted by Crippen LogP contribution is 2.28. The minimum absolute atomic E-state index is 0.0635. The molecule has 30 heavy (non-hydrogen) atoms. The first-order valence-electron chi connectivity index (χ1n) is 9.88. The molecule has 6 heteroatoms. The molecule has 1 heterocycles. The van der Waals surface area contributed by atoms with Gasteiger partial charge in [-0.15, -0.1) is 6.42 Å². The van der Waals surface area contributed by atoms with E-state index in [-0.39, 0.29) is 5.91 Å². The maximum Gasteiger partial charge on any atom is 0.232 e. The first-order valence-corrected chi connectivity index (χ1v) is 9.88. The zero-order valence-corrected chi connectivity index (χ0v) is 16.5. The molecule has 1 aliphatic carbocycles. The maximum atomic E-state index is 12.8. The highest BCUT2D eigenvalue weighted by atomic mass is 16.2. The number of carbonyl (C=O) groups is 1. The van der Waals surface area contributed by atoms with Crippen molar-refractivity contribution in [2.24, 2.45) is 0 Å². The Kier molecular flexibility index (Phi) is 5.59. The van der Waals surface area contributed by atoms with Gasteiger partial charge in [0.15, 0.2) is 0 Å². The quantitative estimate of drug-likeness (QED) is 0.488. The van der Waals surface area contributed by atoms with Crippen LogP contribution in [0.15, 0.2) is 48.8 Å². The fourth-order valence-electron chi connectivity index (χ4n) is 3.47. The Morgan fingerprint density at radius 1 is 1.27 bits per heavy atom. The standard InChI is InChI=1S/C24H21N5O/c1-3-17-5-4-6-19(13-17)28-24-21-14-18(7-10-22(21)26-16-27-24)15-23(30)29(12-11-25-2)20-8-9-20/h1,4-7,10,13-14,16,20H,8-9,11-12,15H2,(H,26,27,28). The normalized spacial score (nSPS) is 12.7. The predicted octanol–water partition coefficient (Wildman–Crippen LogP) is 3.81. The van der Waals surface area contributed by atoms with E-state index in [1.165, 1.54) is 6.33 Å². The number of hydrogen-bond acceptors (Lipinski definition) is 4. The number of rotatable bonds is 7. The molecule has 3 aromatic rings. The molecular formula is C24H21N5O. The third-order valence-corrected chi connectivity index (χ3v) is 5.11. The highest BCUT2D eigenvalue weighted by Gasteiger charge is 2.32. The van der Waals surface area contributed by atoms with Crippen LogP contribution in [-0.2, 0) is 11.2 Å². The summed E-state index contributed by atoms with van der Waals surface area (Å²) >= 11 is 0. The number of hydrogen-bond donors (Lipinski definition) is 1. The number of anilines is 2. The molecule has 0 unspecified atom stereocenters. The molecule has 148 valence electrons. The van der Waals surface area contributed by atoms with Gasteiger partial charge in [0.05, 0.1) is 18.5 Å². The number of nitrogens with one attached hydrogen (secondary N) is 1. The summed E-state index contributed by atoms with van der Waals surface area (Å²) < 4.78 is 0. The Morgan fingerprint density at radius 3 is 2.90 bits per heavy atom. The van der Waals surface area contributed by atoms with E-state index in [1.54, 1.807) is 0 Å². The summed E-state index contributed by atoms with van der Waals surface area (Å²) in [5.74, 6) is 3.35. The van der Waals surface area contributed by atoms with Crippen LogP contribution in [0.1, 0.15) is 24.0 Å². The average molecular weight is 395 g/mol. The summed E-state index contributed by atoms with van der Waals surface area (Å²) in [4.78, 5) is 26.8. The summed E-state index contributed by atoms with van der Waals surface area (Å²) in [6.07, 6.45) is 9.36. The second kappa shape index (κ2) is 8.63. The van der Waals surface area contributed by atoms with Crippen LogP contribution in [0.2, 0.25) is 0 Å². The van der Waals surface area contributed by atoms with Crippen molar-refractivity contribution >= 4 is 28.3 Å². The van der Waals surface area contributed by atoms with E-state index in [1.807, 2.05) is 47.4 Å². The molecule has 0 aliphatic heterocycles. The molecule has 1 aliphatic rings. The Morgan fingerprint density at radius 2 is 2.13 bits per heavy atom. The summed E-state index contributed by atoms with van der Waals surface area (Å²) in [6.45, 7) is 7.85. The monoisotopic (exact) mass is 395 g/mol. The van der Waals surface area contributed by atoms with E-state index in [0.717, 1.165) is 40.6 Å². The van der Waals surface area contributed by atoms with Gasteiger partial charge >= 0.3 is 0 Å². The molecule has 0 saturated heterocycles. The number of terminal acetylenes is 1. The number of aromatic nitrogens is 2. The number of amides is 1. The number of nitrogens with zero attached hydrogens (tertiary/aromatic N) is 4. The molecule has 4 rings (SSSR count). The number of benzene rings is 2. The topological polar surface area (TPSA) is 62.5 Å². The maximum absolute atomic E-state index is 12.8. The molecule has 1 saturated carbocycles. The van der Waals surface area contributed by atoms with Gasteiger partial charge in [0.25, 0.3) is 0 Å². The number of fused-ring (bicyclic) bond motifs is 1. The molecule has 2 aromatic carbocycles. The Bertz CT molecular complexity index is 1170. The van der Waals surface area contributed by atoms with Crippen molar-refractivity contribution in [3.8, 4) is 12.3 Å². The highest BCUT2D eigenvalue weighted by molar-refractivity contribution is 5.92. The average Bonchev–Trinajstić information content (AvgIpc) is 3.60. The Labute approximate surface area is 175 Å². The van der Waals surface area contributed by atoms with Crippen LogP contribution >= 0.6 is 0 Å². The fraction of sp³-hybridized carbons (Fsp3) is 0.250. The van der Waals surface area contributed by atoms with Crippen LogP contribution in [0.4, 0.5) is 11.5 Å². The molecule has 0 radical (unpaired) electrons. The lowest BCUT2D eigenvalue weighted by molar-refractivity contribution is -0.130. The third kappa shape index (κ3) is 4.39. The van der Waals surface area contributed by atoms with Gasteiger partial charge in [0, 0.05) is 22.7 Å². The van der Waals surface area contributed by atoms with Gasteiger partial charge < -0.3 is 15.1 Å². The van der Waals surface area contributed by atoms with E-state index in [2.05, 4.69) is 26.1 Å². The minimum Gasteiger partial charge on any atom is -0.340 e. The lowest BCUT2D eigenvalue weighted by Crippen LogP contribution is -2.36. The van der Waals surface area contributed by atoms with Crippen molar-refractivity contribution in [3.05, 3.63) is 71.3 Å². The van der Waals surface area contributed by atoms with Crippen molar-refractivity contribution in [1.82, 2.24) is 14.9 Å². The van der Waals surface area contributed by atoms with Crippen LogP contribution in [0, 0.1) is 18.9 Å². The van der Waals surface area contributed by atoms with Crippen LogP contribution in [0.3, 0.4) is 0 Å². The van der Waals surface area contributed by atoms with Crippen LogP contribution in [0.5, 0.6) is 0 Å². The van der Waals surface area contributed by atoms with Crippen LogP contribution in [0.25, 0.3) is 15.7 Å². The van der Waals surface area contributed by atoms with E-state index in [4.69, 9.17) is 13.0 Å². The van der Waals surface area contributed by atoms with Crippen molar-refractivity contribution in [3.63, 3.8) is 0 Å². The SMILES string of the molecule is [C-]#[N+]CCN(C(=O)Cc1ccc2ncnc(Nc3cccc(C#C)c3)c2c1)C1CC1. The zero-order chi connectivity index (χ0) is 20.9. The van der Waals surface area contributed by atoms with E-state index in [0.29, 0.717) is 31.4 Å². The molecule has 1 N–H and O–H groups in total. The summed E-state index contributed by atoms with van der Waals surface area (Å²) in [6, 6.07) is 13.6. The first-order chi connectivity index (χ1) is 14.7. The lowest BCUT2D eigenvalue weighted by Gasteiger charge is -2.20. The van der Waals surface area contributed by atoms with Crippen molar-refractivity contribution in [2.75, 3.05) is 18.4 Å². The molecule has 6 nitrogen and oxygen atoms in total. The van der Waals surface area contributed by atoms with Crippen molar-refractivity contribution in [1.29, 1.82) is 0 Å². The van der Waals surface area contributed by atoms with Crippen molar-refractivity contribution < 1.29 is 4.79 Å². The molecule has 1 aromatic heterocycles. The van der Waals surface area contributed by atoms with Gasteiger partial charge in [0.2, 0.25) is 12.5 Å². The predicted molar refractivity (Wildman–Crippen MR) is 117 cm³/mol. The van der Waals surface area contributed by atoms with Gasteiger partial charge in [-0.3, -0.25) is 4.79 Å².